The fraction of sp³-hybridized carbons (Fsp3) is 0.381. The summed E-state index contributed by atoms with van der Waals surface area (Å²) in [5.41, 5.74) is 3.47. The topological polar surface area (TPSA) is 33.1 Å². The van der Waals surface area contributed by atoms with Gasteiger partial charge in [0.2, 0.25) is 0 Å². The Morgan fingerprint density at radius 2 is 1.92 bits per heavy atom. The van der Waals surface area contributed by atoms with Crippen LogP contribution in [0.4, 0.5) is 0 Å². The number of nitrogens with one attached hydrogen (secondary N) is 1. The van der Waals surface area contributed by atoms with Gasteiger partial charge in [-0.3, -0.25) is 0 Å². The van der Waals surface area contributed by atoms with Gasteiger partial charge in [-0.2, -0.15) is 5.10 Å². The second kappa shape index (κ2) is 8.16. The average Bonchev–Trinajstić information content (AvgIpc) is 3.34. The monoisotopic (exact) mass is 366 g/mol. The molecule has 136 valence electrons. The van der Waals surface area contributed by atoms with E-state index in [4.69, 9.17) is 5.10 Å². The molecule has 0 atom stereocenters. The summed E-state index contributed by atoms with van der Waals surface area (Å²) in [6, 6.07) is 14.6. The first-order valence-electron chi connectivity index (χ1n) is 9.37. The highest BCUT2D eigenvalue weighted by molar-refractivity contribution is 7.13. The summed E-state index contributed by atoms with van der Waals surface area (Å²) in [7, 11) is 2.22. The van der Waals surface area contributed by atoms with E-state index in [1.807, 2.05) is 10.7 Å². The van der Waals surface area contributed by atoms with Crippen LogP contribution in [0.15, 0.2) is 54.0 Å². The zero-order valence-corrected chi connectivity index (χ0v) is 16.1. The second-order valence-electron chi connectivity index (χ2n) is 7.14. The molecule has 1 aliphatic heterocycles. The lowest BCUT2D eigenvalue weighted by molar-refractivity contribution is 0.216. The molecule has 4 rings (SSSR count). The van der Waals surface area contributed by atoms with Crippen molar-refractivity contribution in [1.82, 2.24) is 20.0 Å². The first-order chi connectivity index (χ1) is 12.8. The van der Waals surface area contributed by atoms with Gasteiger partial charge in [0.1, 0.15) is 5.69 Å². The van der Waals surface area contributed by atoms with Gasteiger partial charge in [0.05, 0.1) is 10.6 Å². The van der Waals surface area contributed by atoms with E-state index in [0.29, 0.717) is 0 Å². The van der Waals surface area contributed by atoms with E-state index in [2.05, 4.69) is 65.2 Å². The first-order valence-corrected chi connectivity index (χ1v) is 10.2. The van der Waals surface area contributed by atoms with Gasteiger partial charge >= 0.3 is 0 Å². The summed E-state index contributed by atoms with van der Waals surface area (Å²) >= 11 is 1.75. The van der Waals surface area contributed by atoms with Crippen molar-refractivity contribution < 1.29 is 0 Å². The quantitative estimate of drug-likeness (QED) is 0.715. The smallest absolute Gasteiger partial charge is 0.107 e. The molecular formula is C21H26N4S. The Morgan fingerprint density at radius 3 is 2.65 bits per heavy atom. The van der Waals surface area contributed by atoms with Crippen LogP contribution in [-0.4, -0.2) is 41.4 Å². The maximum Gasteiger partial charge on any atom is 0.107 e. The number of benzene rings is 1. The highest BCUT2D eigenvalue weighted by Crippen LogP contribution is 2.28. The lowest BCUT2D eigenvalue weighted by atomic mass is 9.97. The van der Waals surface area contributed by atoms with Gasteiger partial charge in [-0.05, 0) is 69.0 Å². The van der Waals surface area contributed by atoms with Crippen molar-refractivity contribution in [2.45, 2.75) is 19.4 Å². The van der Waals surface area contributed by atoms with Crippen molar-refractivity contribution in [2.24, 2.45) is 5.92 Å². The summed E-state index contributed by atoms with van der Waals surface area (Å²) in [4.78, 5) is 3.66. The molecule has 0 saturated carbocycles. The predicted molar refractivity (Wildman–Crippen MR) is 109 cm³/mol. The van der Waals surface area contributed by atoms with Gasteiger partial charge in [-0.15, -0.1) is 11.3 Å². The molecule has 26 heavy (non-hydrogen) atoms. The largest absolute Gasteiger partial charge is 0.312 e. The summed E-state index contributed by atoms with van der Waals surface area (Å²) in [5, 5.41) is 10.7. The number of piperidine rings is 1. The molecular weight excluding hydrogens is 340 g/mol. The fourth-order valence-electron chi connectivity index (χ4n) is 3.55. The summed E-state index contributed by atoms with van der Waals surface area (Å²) in [6.45, 7) is 4.40. The molecule has 0 spiro atoms. The molecule has 1 N–H and O–H groups in total. The summed E-state index contributed by atoms with van der Waals surface area (Å²) in [6.07, 6.45) is 4.77. The maximum absolute atomic E-state index is 4.88. The molecule has 1 fully saturated rings. The third-order valence-corrected chi connectivity index (χ3v) is 6.03. The lowest BCUT2D eigenvalue weighted by Gasteiger charge is -2.29. The number of para-hydroxylation sites is 1. The molecule has 0 aliphatic carbocycles. The third kappa shape index (κ3) is 4.06. The zero-order chi connectivity index (χ0) is 17.8. The minimum atomic E-state index is 0.792. The van der Waals surface area contributed by atoms with E-state index in [9.17, 15) is 0 Å². The van der Waals surface area contributed by atoms with Crippen LogP contribution in [0.2, 0.25) is 0 Å². The average molecular weight is 367 g/mol. The van der Waals surface area contributed by atoms with E-state index in [-0.39, 0.29) is 0 Å². The molecule has 0 amide bonds. The Hall–Kier alpha value is -1.95. The molecule has 2 aromatic heterocycles. The van der Waals surface area contributed by atoms with Crippen molar-refractivity contribution in [3.63, 3.8) is 0 Å². The maximum atomic E-state index is 4.88. The minimum absolute atomic E-state index is 0.792. The molecule has 1 aliphatic rings. The summed E-state index contributed by atoms with van der Waals surface area (Å²) in [5.74, 6) is 0.792. The van der Waals surface area contributed by atoms with Crippen LogP contribution in [0.5, 0.6) is 0 Å². The SMILES string of the molecule is CN1CCC(CNCc2cn(-c3ccccc3)nc2-c2cccs2)CC1. The third-order valence-electron chi connectivity index (χ3n) is 5.15. The Labute approximate surface area is 159 Å². The molecule has 4 nitrogen and oxygen atoms in total. The van der Waals surface area contributed by atoms with Gasteiger partial charge in [-0.1, -0.05) is 24.3 Å². The van der Waals surface area contributed by atoms with E-state index >= 15 is 0 Å². The normalized spacial score (nSPS) is 16.2. The number of hydrogen-bond acceptors (Lipinski definition) is 4. The molecule has 1 aromatic carbocycles. The number of hydrogen-bond donors (Lipinski definition) is 1. The highest BCUT2D eigenvalue weighted by atomic mass is 32.1. The number of nitrogens with zero attached hydrogens (tertiary/aromatic N) is 3. The van der Waals surface area contributed by atoms with Gasteiger partial charge in [0.15, 0.2) is 0 Å². The van der Waals surface area contributed by atoms with Gasteiger partial charge in [-0.25, -0.2) is 4.68 Å². The van der Waals surface area contributed by atoms with Crippen LogP contribution in [-0.2, 0) is 6.54 Å². The Kier molecular flexibility index (Phi) is 5.48. The summed E-state index contributed by atoms with van der Waals surface area (Å²) < 4.78 is 2.00. The van der Waals surface area contributed by atoms with E-state index in [1.165, 1.54) is 36.4 Å². The second-order valence-corrected chi connectivity index (χ2v) is 8.09. The van der Waals surface area contributed by atoms with Crippen molar-refractivity contribution in [3.8, 4) is 16.3 Å². The van der Waals surface area contributed by atoms with Crippen molar-refractivity contribution >= 4 is 11.3 Å². The van der Waals surface area contributed by atoms with Crippen LogP contribution in [0.1, 0.15) is 18.4 Å². The molecule has 1 saturated heterocycles. The molecule has 0 radical (unpaired) electrons. The standard InChI is InChI=1S/C21H26N4S/c1-24-11-9-17(10-12-24)14-22-15-18-16-25(19-6-3-2-4-7-19)23-21(18)20-8-5-13-26-20/h2-8,13,16-17,22H,9-12,14-15H2,1H3. The lowest BCUT2D eigenvalue weighted by Crippen LogP contribution is -2.34. The molecule has 5 heteroatoms. The number of thiophene rings is 1. The zero-order valence-electron chi connectivity index (χ0n) is 15.3. The Bertz CT molecular complexity index is 802. The molecule has 3 aromatic rings. The first kappa shape index (κ1) is 17.5. The van der Waals surface area contributed by atoms with Gasteiger partial charge in [0.25, 0.3) is 0 Å². The number of aromatic nitrogens is 2. The number of likely N-dealkylation sites (tertiary alicyclic amines) is 1. The molecule has 0 bridgehead atoms. The Balaban J connectivity index is 1.48. The van der Waals surface area contributed by atoms with Crippen LogP contribution in [0, 0.1) is 5.92 Å². The van der Waals surface area contributed by atoms with Crippen molar-refractivity contribution in [2.75, 3.05) is 26.7 Å². The van der Waals surface area contributed by atoms with Crippen molar-refractivity contribution in [3.05, 3.63) is 59.6 Å². The van der Waals surface area contributed by atoms with E-state index in [1.54, 1.807) is 11.3 Å². The Morgan fingerprint density at radius 1 is 1.12 bits per heavy atom. The highest BCUT2D eigenvalue weighted by Gasteiger charge is 2.17. The van der Waals surface area contributed by atoms with Crippen LogP contribution < -0.4 is 5.32 Å². The van der Waals surface area contributed by atoms with Gasteiger partial charge in [0, 0.05) is 18.3 Å². The van der Waals surface area contributed by atoms with Crippen LogP contribution in [0.25, 0.3) is 16.3 Å². The van der Waals surface area contributed by atoms with E-state index in [0.717, 1.165) is 30.4 Å². The molecule has 0 unspecified atom stereocenters. The minimum Gasteiger partial charge on any atom is -0.312 e. The van der Waals surface area contributed by atoms with Gasteiger partial charge < -0.3 is 10.2 Å². The molecule has 3 heterocycles. The predicted octanol–water partition coefficient (Wildman–Crippen LogP) is 4.03. The van der Waals surface area contributed by atoms with Crippen LogP contribution in [0.3, 0.4) is 0 Å². The van der Waals surface area contributed by atoms with E-state index < -0.39 is 0 Å². The van der Waals surface area contributed by atoms with Crippen LogP contribution >= 0.6 is 11.3 Å². The van der Waals surface area contributed by atoms with Crippen molar-refractivity contribution in [1.29, 1.82) is 0 Å². The number of rotatable bonds is 6. The fourth-order valence-corrected chi connectivity index (χ4v) is 4.29.